The van der Waals surface area contributed by atoms with Gasteiger partial charge >= 0.3 is 0 Å². The van der Waals surface area contributed by atoms with E-state index in [4.69, 9.17) is 0 Å². The van der Waals surface area contributed by atoms with Crippen molar-refractivity contribution in [3.8, 4) is 0 Å². The minimum absolute atomic E-state index is 0.162. The Labute approximate surface area is 242 Å². The van der Waals surface area contributed by atoms with Crippen molar-refractivity contribution in [2.75, 3.05) is 19.6 Å². The third-order valence-electron chi connectivity index (χ3n) is 8.52. The standard InChI is InChI=1S/C36H75NO/c1-4-6-8-10-12-14-16-18-20-22-24-26-28-30-33-37(35-32-36(3)38)34-31-29-27-25-23-21-19-17-15-13-11-9-7-5-2/h36,38H,4-35H2,1-3H3. The molecular weight excluding hydrogens is 462 g/mol. The second kappa shape index (κ2) is 33.1. The largest absolute Gasteiger partial charge is 0.393 e. The number of aliphatic hydroxyl groups is 1. The fourth-order valence-corrected chi connectivity index (χ4v) is 5.76. The molecule has 0 saturated heterocycles. The Morgan fingerprint density at radius 3 is 0.842 bits per heavy atom. The van der Waals surface area contributed by atoms with Gasteiger partial charge in [-0.2, -0.15) is 0 Å². The molecule has 0 aliphatic carbocycles. The van der Waals surface area contributed by atoms with Crippen LogP contribution in [0.2, 0.25) is 0 Å². The van der Waals surface area contributed by atoms with E-state index in [0.29, 0.717) is 0 Å². The zero-order valence-corrected chi connectivity index (χ0v) is 27.1. The van der Waals surface area contributed by atoms with Crippen molar-refractivity contribution in [3.63, 3.8) is 0 Å². The van der Waals surface area contributed by atoms with Crippen molar-refractivity contribution in [2.45, 2.75) is 213 Å². The Hall–Kier alpha value is -0.0800. The molecule has 38 heavy (non-hydrogen) atoms. The molecule has 2 heteroatoms. The first kappa shape index (κ1) is 37.9. The van der Waals surface area contributed by atoms with Crippen LogP contribution in [-0.2, 0) is 0 Å². The highest BCUT2D eigenvalue weighted by Crippen LogP contribution is 2.15. The summed E-state index contributed by atoms with van der Waals surface area (Å²) in [4.78, 5) is 2.65. The Morgan fingerprint density at radius 1 is 0.368 bits per heavy atom. The van der Waals surface area contributed by atoms with Gasteiger partial charge < -0.3 is 10.0 Å². The molecule has 0 amide bonds. The van der Waals surface area contributed by atoms with Gasteiger partial charge in [0.25, 0.3) is 0 Å². The van der Waals surface area contributed by atoms with Gasteiger partial charge in [-0.15, -0.1) is 0 Å². The number of unbranched alkanes of at least 4 members (excludes halogenated alkanes) is 26. The van der Waals surface area contributed by atoms with Gasteiger partial charge in [-0.25, -0.2) is 0 Å². The first-order chi connectivity index (χ1) is 18.7. The van der Waals surface area contributed by atoms with Gasteiger partial charge in [0.1, 0.15) is 0 Å². The van der Waals surface area contributed by atoms with Gasteiger partial charge in [-0.1, -0.05) is 181 Å². The van der Waals surface area contributed by atoms with Gasteiger partial charge in [0.05, 0.1) is 6.10 Å². The highest BCUT2D eigenvalue weighted by molar-refractivity contribution is 4.62. The molecule has 0 rings (SSSR count). The number of hydrogen-bond acceptors (Lipinski definition) is 2. The van der Waals surface area contributed by atoms with E-state index in [1.807, 2.05) is 6.92 Å². The zero-order valence-electron chi connectivity index (χ0n) is 27.1. The molecular formula is C36H75NO. The van der Waals surface area contributed by atoms with Crippen LogP contribution >= 0.6 is 0 Å². The fraction of sp³-hybridized carbons (Fsp3) is 1.00. The third-order valence-corrected chi connectivity index (χ3v) is 8.52. The predicted octanol–water partition coefficient (Wildman–Crippen LogP) is 12.0. The smallest absolute Gasteiger partial charge is 0.0524 e. The zero-order chi connectivity index (χ0) is 27.8. The highest BCUT2D eigenvalue weighted by Gasteiger charge is 2.07. The quantitative estimate of drug-likeness (QED) is 0.0841. The van der Waals surface area contributed by atoms with E-state index < -0.39 is 0 Å². The second-order valence-corrected chi connectivity index (χ2v) is 12.7. The van der Waals surface area contributed by atoms with Crippen LogP contribution in [0.1, 0.15) is 207 Å². The summed E-state index contributed by atoms with van der Waals surface area (Å²) in [6.45, 7) is 10.1. The molecule has 0 spiro atoms. The number of hydrogen-bond donors (Lipinski definition) is 1. The summed E-state index contributed by atoms with van der Waals surface area (Å²) in [5, 5.41) is 9.76. The fourth-order valence-electron chi connectivity index (χ4n) is 5.76. The molecule has 0 heterocycles. The summed E-state index contributed by atoms with van der Waals surface area (Å²) in [6.07, 6.45) is 40.8. The molecule has 0 aromatic rings. The van der Waals surface area contributed by atoms with Crippen molar-refractivity contribution in [1.29, 1.82) is 0 Å². The summed E-state index contributed by atoms with van der Waals surface area (Å²) in [5.41, 5.74) is 0. The van der Waals surface area contributed by atoms with E-state index in [-0.39, 0.29) is 6.10 Å². The summed E-state index contributed by atoms with van der Waals surface area (Å²) in [6, 6.07) is 0. The summed E-state index contributed by atoms with van der Waals surface area (Å²) < 4.78 is 0. The van der Waals surface area contributed by atoms with Gasteiger partial charge in [0.15, 0.2) is 0 Å². The topological polar surface area (TPSA) is 23.5 Å². The molecule has 0 bridgehead atoms. The first-order valence-electron chi connectivity index (χ1n) is 18.1. The van der Waals surface area contributed by atoms with E-state index in [1.165, 1.54) is 193 Å². The van der Waals surface area contributed by atoms with Gasteiger partial charge in [-0.05, 0) is 39.3 Å². The molecule has 0 aliphatic heterocycles. The predicted molar refractivity (Wildman–Crippen MR) is 173 cm³/mol. The maximum atomic E-state index is 9.76. The average molecular weight is 538 g/mol. The molecule has 0 fully saturated rings. The number of aliphatic hydroxyl groups excluding tert-OH is 1. The van der Waals surface area contributed by atoms with E-state index in [1.54, 1.807) is 0 Å². The molecule has 0 aliphatic rings. The maximum absolute atomic E-state index is 9.76. The summed E-state index contributed by atoms with van der Waals surface area (Å²) in [5.74, 6) is 0. The van der Waals surface area contributed by atoms with Crippen LogP contribution in [0.15, 0.2) is 0 Å². The maximum Gasteiger partial charge on any atom is 0.0524 e. The van der Waals surface area contributed by atoms with E-state index in [0.717, 1.165) is 13.0 Å². The van der Waals surface area contributed by atoms with Crippen LogP contribution in [0.3, 0.4) is 0 Å². The van der Waals surface area contributed by atoms with Crippen LogP contribution in [0.5, 0.6) is 0 Å². The molecule has 1 N–H and O–H groups in total. The molecule has 2 nitrogen and oxygen atoms in total. The third kappa shape index (κ3) is 32.1. The Morgan fingerprint density at radius 2 is 0.605 bits per heavy atom. The van der Waals surface area contributed by atoms with E-state index in [2.05, 4.69) is 18.7 Å². The Balaban J connectivity index is 3.57. The highest BCUT2D eigenvalue weighted by atomic mass is 16.3. The molecule has 1 unspecified atom stereocenters. The normalized spacial score (nSPS) is 12.6. The van der Waals surface area contributed by atoms with Gasteiger partial charge in [-0.3, -0.25) is 0 Å². The molecule has 0 aromatic carbocycles. The summed E-state index contributed by atoms with van der Waals surface area (Å²) >= 11 is 0. The summed E-state index contributed by atoms with van der Waals surface area (Å²) in [7, 11) is 0. The van der Waals surface area contributed by atoms with Crippen LogP contribution < -0.4 is 0 Å². The SMILES string of the molecule is CCCCCCCCCCCCCCCCN(CCCCCCCCCCCCCCCC)CCC(C)O. The first-order valence-corrected chi connectivity index (χ1v) is 18.1. The minimum atomic E-state index is -0.162. The van der Waals surface area contributed by atoms with Crippen LogP contribution in [0.25, 0.3) is 0 Å². The van der Waals surface area contributed by atoms with E-state index >= 15 is 0 Å². The van der Waals surface area contributed by atoms with E-state index in [9.17, 15) is 5.11 Å². The monoisotopic (exact) mass is 538 g/mol. The van der Waals surface area contributed by atoms with Crippen molar-refractivity contribution in [1.82, 2.24) is 4.90 Å². The van der Waals surface area contributed by atoms with Crippen LogP contribution in [0.4, 0.5) is 0 Å². The minimum Gasteiger partial charge on any atom is -0.393 e. The van der Waals surface area contributed by atoms with Crippen molar-refractivity contribution in [3.05, 3.63) is 0 Å². The van der Waals surface area contributed by atoms with Crippen molar-refractivity contribution in [2.24, 2.45) is 0 Å². The molecule has 230 valence electrons. The molecule has 1 atom stereocenters. The van der Waals surface area contributed by atoms with Crippen LogP contribution in [-0.4, -0.2) is 35.7 Å². The lowest BCUT2D eigenvalue weighted by Crippen LogP contribution is -2.29. The molecule has 0 aromatic heterocycles. The van der Waals surface area contributed by atoms with Crippen molar-refractivity contribution < 1.29 is 5.11 Å². The van der Waals surface area contributed by atoms with Crippen LogP contribution in [0, 0.1) is 0 Å². The van der Waals surface area contributed by atoms with Gasteiger partial charge in [0, 0.05) is 6.54 Å². The number of nitrogens with zero attached hydrogens (tertiary/aromatic N) is 1. The lowest BCUT2D eigenvalue weighted by Gasteiger charge is -2.23. The number of rotatable bonds is 33. The van der Waals surface area contributed by atoms with Crippen molar-refractivity contribution >= 4 is 0 Å². The average Bonchev–Trinajstić information content (AvgIpc) is 2.91. The Kier molecular flexibility index (Phi) is 33.1. The second-order valence-electron chi connectivity index (χ2n) is 12.7. The lowest BCUT2D eigenvalue weighted by atomic mass is 10.0. The molecule has 0 radical (unpaired) electrons. The Bertz CT molecular complexity index is 378. The molecule has 0 saturated carbocycles. The van der Waals surface area contributed by atoms with Gasteiger partial charge in [0.2, 0.25) is 0 Å². The lowest BCUT2D eigenvalue weighted by molar-refractivity contribution is 0.154.